The van der Waals surface area contributed by atoms with E-state index < -0.39 is 23.4 Å². The Kier molecular flexibility index (Phi) is 5.79. The van der Waals surface area contributed by atoms with Crippen molar-refractivity contribution in [2.45, 2.75) is 32.5 Å². The number of hydrogen-bond donors (Lipinski definition) is 2. The fraction of sp³-hybridized carbons (Fsp3) is 0.278. The molecule has 9 heteroatoms. The summed E-state index contributed by atoms with van der Waals surface area (Å²) in [5.41, 5.74) is 4.30. The van der Waals surface area contributed by atoms with Gasteiger partial charge in [0, 0.05) is 17.3 Å². The summed E-state index contributed by atoms with van der Waals surface area (Å²) in [4.78, 5) is 11.9. The highest BCUT2D eigenvalue weighted by atomic mass is 35.5. The molecule has 0 aliphatic rings. The Morgan fingerprint density at radius 2 is 1.70 bits per heavy atom. The quantitative estimate of drug-likeness (QED) is 0.653. The van der Waals surface area contributed by atoms with Gasteiger partial charge in [0.1, 0.15) is 17.2 Å². The first-order valence-corrected chi connectivity index (χ1v) is 8.16. The van der Waals surface area contributed by atoms with Crippen LogP contribution in [0, 0.1) is 0 Å². The summed E-state index contributed by atoms with van der Waals surface area (Å²) in [5.74, 6) is -0.418. The Morgan fingerprint density at radius 3 is 2.26 bits per heavy atom. The third kappa shape index (κ3) is 6.25. The van der Waals surface area contributed by atoms with E-state index in [4.69, 9.17) is 26.8 Å². The zero-order valence-electron chi connectivity index (χ0n) is 14.8. The molecule has 0 atom stereocenters. The lowest BCUT2D eigenvalue weighted by Crippen LogP contribution is -2.42. The molecule has 3 N–H and O–H groups in total. The van der Waals surface area contributed by atoms with Crippen molar-refractivity contribution in [3.8, 4) is 17.2 Å². The molecule has 0 saturated heterocycles. The Labute approximate surface area is 159 Å². The van der Waals surface area contributed by atoms with Gasteiger partial charge in [-0.2, -0.15) is 13.2 Å². The minimum Gasteiger partial charge on any atom is -0.456 e. The summed E-state index contributed by atoms with van der Waals surface area (Å²) in [7, 11) is 0. The lowest BCUT2D eigenvalue weighted by molar-refractivity contribution is -0.137. The van der Waals surface area contributed by atoms with Gasteiger partial charge in [0.2, 0.25) is 0 Å². The third-order valence-electron chi connectivity index (χ3n) is 3.08. The number of carbonyl (C=O) groups excluding carboxylic acids is 1. The third-order valence-corrected chi connectivity index (χ3v) is 3.37. The molecule has 146 valence electrons. The number of rotatable bonds is 3. The number of ether oxygens (including phenoxy) is 2. The van der Waals surface area contributed by atoms with Crippen LogP contribution in [0.3, 0.4) is 0 Å². The highest BCUT2D eigenvalue weighted by Gasteiger charge is 2.32. The van der Waals surface area contributed by atoms with Crippen molar-refractivity contribution in [1.82, 2.24) is 5.32 Å². The number of anilines is 1. The maximum absolute atomic E-state index is 13.2. The highest BCUT2D eigenvalue weighted by Crippen LogP contribution is 2.38. The molecule has 0 spiro atoms. The monoisotopic (exact) mass is 402 g/mol. The van der Waals surface area contributed by atoms with Gasteiger partial charge >= 0.3 is 12.3 Å². The molecular formula is C18H18ClF3N2O3. The second-order valence-electron chi connectivity index (χ2n) is 6.75. The minimum absolute atomic E-state index is 0.107. The Morgan fingerprint density at radius 1 is 1.07 bits per heavy atom. The fourth-order valence-electron chi connectivity index (χ4n) is 2.02. The van der Waals surface area contributed by atoms with Crippen LogP contribution in [0.15, 0.2) is 36.4 Å². The van der Waals surface area contributed by atoms with Crippen LogP contribution in [-0.4, -0.2) is 11.6 Å². The summed E-state index contributed by atoms with van der Waals surface area (Å²) >= 11 is 5.98. The predicted octanol–water partition coefficient (Wildman–Crippen LogP) is 5.62. The lowest BCUT2D eigenvalue weighted by atomic mass is 10.1. The molecule has 0 saturated carbocycles. The molecule has 2 rings (SSSR count). The standard InChI is InChI=1S/C18H18ClF3N2O3/c1-17(2,3)24-16(25)27-13-7-10(18(20,21)22)6-12(9-13)26-15-5-4-11(23)8-14(15)19/h4-9H,23H2,1-3H3,(H,24,25). The number of hydrogen-bond acceptors (Lipinski definition) is 4. The Hall–Kier alpha value is -2.61. The molecule has 2 aromatic carbocycles. The summed E-state index contributed by atoms with van der Waals surface area (Å²) in [5, 5.41) is 2.62. The van der Waals surface area contributed by atoms with Gasteiger partial charge in [-0.1, -0.05) is 11.6 Å². The topological polar surface area (TPSA) is 73.6 Å². The molecule has 1 amide bonds. The van der Waals surface area contributed by atoms with Gasteiger partial charge < -0.3 is 20.5 Å². The number of nitrogen functional groups attached to an aromatic ring is 1. The summed E-state index contributed by atoms with van der Waals surface area (Å²) in [6.45, 7) is 5.12. The van der Waals surface area contributed by atoms with E-state index >= 15 is 0 Å². The number of benzene rings is 2. The lowest BCUT2D eigenvalue weighted by Gasteiger charge is -2.20. The van der Waals surface area contributed by atoms with E-state index in [0.717, 1.165) is 12.1 Å². The number of halogens is 4. The van der Waals surface area contributed by atoms with Crippen molar-refractivity contribution < 1.29 is 27.4 Å². The van der Waals surface area contributed by atoms with Gasteiger partial charge in [-0.25, -0.2) is 4.79 Å². The fourth-order valence-corrected chi connectivity index (χ4v) is 2.25. The zero-order valence-corrected chi connectivity index (χ0v) is 15.5. The summed E-state index contributed by atoms with van der Waals surface area (Å²) in [6, 6.07) is 6.96. The first-order valence-electron chi connectivity index (χ1n) is 7.79. The SMILES string of the molecule is CC(C)(C)NC(=O)Oc1cc(Oc2ccc(N)cc2Cl)cc(C(F)(F)F)c1. The van der Waals surface area contributed by atoms with E-state index in [0.29, 0.717) is 11.8 Å². The number of carbonyl (C=O) groups is 1. The van der Waals surface area contributed by atoms with Gasteiger partial charge in [-0.15, -0.1) is 0 Å². The zero-order chi connectivity index (χ0) is 20.4. The molecule has 27 heavy (non-hydrogen) atoms. The number of amides is 1. The Balaban J connectivity index is 2.35. The van der Waals surface area contributed by atoms with Crippen molar-refractivity contribution in [1.29, 1.82) is 0 Å². The van der Waals surface area contributed by atoms with Gasteiger partial charge in [-0.05, 0) is 51.1 Å². The van der Waals surface area contributed by atoms with Crippen LogP contribution in [0.2, 0.25) is 5.02 Å². The van der Waals surface area contributed by atoms with E-state index in [2.05, 4.69) is 5.32 Å². The van der Waals surface area contributed by atoms with E-state index in [1.807, 2.05) is 0 Å². The van der Waals surface area contributed by atoms with Crippen LogP contribution < -0.4 is 20.5 Å². The molecule has 0 aromatic heterocycles. The normalized spacial score (nSPS) is 11.8. The first-order chi connectivity index (χ1) is 12.3. The molecule has 0 heterocycles. The summed E-state index contributed by atoms with van der Waals surface area (Å²) < 4.78 is 49.9. The van der Waals surface area contributed by atoms with Crippen LogP contribution >= 0.6 is 11.6 Å². The van der Waals surface area contributed by atoms with Gasteiger partial charge in [0.05, 0.1) is 10.6 Å². The largest absolute Gasteiger partial charge is 0.456 e. The van der Waals surface area contributed by atoms with Crippen molar-refractivity contribution in [3.63, 3.8) is 0 Å². The molecule has 0 aliphatic heterocycles. The number of nitrogens with one attached hydrogen (secondary N) is 1. The van der Waals surface area contributed by atoms with Crippen LogP contribution in [0.4, 0.5) is 23.7 Å². The average molecular weight is 403 g/mol. The molecular weight excluding hydrogens is 385 g/mol. The number of nitrogens with two attached hydrogens (primary N) is 1. The molecule has 0 unspecified atom stereocenters. The maximum atomic E-state index is 13.2. The van der Waals surface area contributed by atoms with Crippen molar-refractivity contribution >= 4 is 23.4 Å². The predicted molar refractivity (Wildman–Crippen MR) is 96.3 cm³/mol. The molecule has 0 aliphatic carbocycles. The maximum Gasteiger partial charge on any atom is 0.416 e. The number of alkyl halides is 3. The van der Waals surface area contributed by atoms with Gasteiger partial charge in [0.25, 0.3) is 0 Å². The van der Waals surface area contributed by atoms with Crippen molar-refractivity contribution in [2.75, 3.05) is 5.73 Å². The first kappa shape index (κ1) is 20.7. The molecule has 5 nitrogen and oxygen atoms in total. The Bertz CT molecular complexity index is 849. The van der Waals surface area contributed by atoms with E-state index in [1.54, 1.807) is 20.8 Å². The summed E-state index contributed by atoms with van der Waals surface area (Å²) in [6.07, 6.45) is -5.55. The van der Waals surface area contributed by atoms with Crippen LogP contribution in [0.25, 0.3) is 0 Å². The molecule has 2 aromatic rings. The second-order valence-corrected chi connectivity index (χ2v) is 7.15. The van der Waals surface area contributed by atoms with Crippen LogP contribution in [0.5, 0.6) is 17.2 Å². The van der Waals surface area contributed by atoms with Crippen molar-refractivity contribution in [2.24, 2.45) is 0 Å². The molecule has 0 radical (unpaired) electrons. The minimum atomic E-state index is -4.66. The van der Waals surface area contributed by atoms with E-state index in [-0.39, 0.29) is 22.3 Å². The molecule has 0 fully saturated rings. The van der Waals surface area contributed by atoms with Gasteiger partial charge in [-0.3, -0.25) is 0 Å². The average Bonchev–Trinajstić information content (AvgIpc) is 2.47. The highest BCUT2D eigenvalue weighted by molar-refractivity contribution is 6.32. The van der Waals surface area contributed by atoms with Crippen LogP contribution in [0.1, 0.15) is 26.3 Å². The second kappa shape index (κ2) is 7.56. The van der Waals surface area contributed by atoms with Crippen LogP contribution in [-0.2, 0) is 6.18 Å². The van der Waals surface area contributed by atoms with Crippen molar-refractivity contribution in [3.05, 3.63) is 47.0 Å². The van der Waals surface area contributed by atoms with Gasteiger partial charge in [0.15, 0.2) is 0 Å². The smallest absolute Gasteiger partial charge is 0.416 e. The molecule has 0 bridgehead atoms. The van der Waals surface area contributed by atoms with E-state index in [1.165, 1.54) is 18.2 Å². The van der Waals surface area contributed by atoms with E-state index in [9.17, 15) is 18.0 Å².